The molecule has 0 unspecified atom stereocenters. The van der Waals surface area contributed by atoms with Gasteiger partial charge in [-0.15, -0.1) is 11.3 Å². The van der Waals surface area contributed by atoms with E-state index < -0.39 is 12.1 Å². The Hall–Kier alpha value is -2.22. The zero-order valence-electron chi connectivity index (χ0n) is 15.7. The molecule has 0 saturated heterocycles. The Labute approximate surface area is 161 Å². The van der Waals surface area contributed by atoms with E-state index in [1.54, 1.807) is 18.3 Å². The van der Waals surface area contributed by atoms with Gasteiger partial charge in [-0.2, -0.15) is 0 Å². The molecule has 2 aromatic rings. The van der Waals surface area contributed by atoms with Crippen LogP contribution < -0.4 is 10.9 Å². The molecule has 1 aliphatic rings. The molecule has 0 saturated carbocycles. The van der Waals surface area contributed by atoms with Crippen molar-refractivity contribution in [1.82, 2.24) is 15.3 Å². The number of hydrogen-bond donors (Lipinski definition) is 2. The smallest absolute Gasteiger partial charge is 0.307 e. The summed E-state index contributed by atoms with van der Waals surface area (Å²) < 4.78 is 5.15. The highest BCUT2D eigenvalue weighted by molar-refractivity contribution is 7.18. The zero-order valence-corrected chi connectivity index (χ0v) is 16.5. The van der Waals surface area contributed by atoms with Crippen molar-refractivity contribution in [1.29, 1.82) is 0 Å². The molecule has 0 radical (unpaired) electrons. The van der Waals surface area contributed by atoms with Crippen molar-refractivity contribution >= 4 is 33.4 Å². The fourth-order valence-corrected chi connectivity index (χ4v) is 4.53. The number of ether oxygens (including phenoxy) is 1. The molecule has 0 aromatic carbocycles. The molecule has 1 amide bonds. The van der Waals surface area contributed by atoms with Gasteiger partial charge in [0, 0.05) is 17.8 Å². The van der Waals surface area contributed by atoms with Crippen LogP contribution in [0.5, 0.6) is 0 Å². The predicted octanol–water partition coefficient (Wildman–Crippen LogP) is 2.25. The SMILES string of the molecule is CCCNC(=O)[C@@H](C)OC(=O)CCc1nc2sc3c(c2c(=O)[nH]1)CCCC3. The molecular formula is C19H25N3O4S. The Balaban J connectivity index is 1.62. The number of carbonyl (C=O) groups is 2. The first-order valence-electron chi connectivity index (χ1n) is 9.50. The minimum absolute atomic E-state index is 0.0605. The molecular weight excluding hydrogens is 366 g/mol. The number of amides is 1. The van der Waals surface area contributed by atoms with E-state index in [-0.39, 0.29) is 24.3 Å². The maximum Gasteiger partial charge on any atom is 0.307 e. The van der Waals surface area contributed by atoms with Crippen molar-refractivity contribution in [2.45, 2.75) is 64.9 Å². The quantitative estimate of drug-likeness (QED) is 0.705. The Morgan fingerprint density at radius 2 is 2.11 bits per heavy atom. The van der Waals surface area contributed by atoms with Gasteiger partial charge in [0.15, 0.2) is 6.10 Å². The van der Waals surface area contributed by atoms with Crippen LogP contribution in [0.25, 0.3) is 10.2 Å². The normalized spacial score (nSPS) is 14.6. The van der Waals surface area contributed by atoms with Gasteiger partial charge in [0.1, 0.15) is 10.7 Å². The molecule has 0 aliphatic heterocycles. The van der Waals surface area contributed by atoms with Gasteiger partial charge in [-0.05, 0) is 44.6 Å². The number of H-pyrrole nitrogens is 1. The maximum atomic E-state index is 12.5. The van der Waals surface area contributed by atoms with Gasteiger partial charge in [-0.3, -0.25) is 14.4 Å². The highest BCUT2D eigenvalue weighted by Crippen LogP contribution is 2.33. The minimum Gasteiger partial charge on any atom is -0.453 e. The Morgan fingerprint density at radius 1 is 1.33 bits per heavy atom. The van der Waals surface area contributed by atoms with E-state index in [0.29, 0.717) is 17.8 Å². The minimum atomic E-state index is -0.831. The van der Waals surface area contributed by atoms with E-state index in [1.807, 2.05) is 6.92 Å². The number of nitrogens with zero attached hydrogens (tertiary/aromatic N) is 1. The van der Waals surface area contributed by atoms with E-state index in [2.05, 4.69) is 15.3 Å². The molecule has 1 atom stereocenters. The molecule has 8 heteroatoms. The summed E-state index contributed by atoms with van der Waals surface area (Å²) in [6, 6.07) is 0. The fraction of sp³-hybridized carbons (Fsp3) is 0.579. The number of fused-ring (bicyclic) bond motifs is 3. The van der Waals surface area contributed by atoms with Crippen LogP contribution >= 0.6 is 11.3 Å². The number of carbonyl (C=O) groups excluding carboxylic acids is 2. The number of aromatic nitrogens is 2. The second-order valence-electron chi connectivity index (χ2n) is 6.83. The predicted molar refractivity (Wildman–Crippen MR) is 104 cm³/mol. The number of rotatable bonds is 7. The summed E-state index contributed by atoms with van der Waals surface area (Å²) in [6.45, 7) is 4.05. The summed E-state index contributed by atoms with van der Waals surface area (Å²) in [4.78, 5) is 45.6. The standard InChI is InChI=1S/C19H25N3O4S/c1-3-10-20-17(24)11(2)26-15(23)9-8-14-21-18(25)16-12-6-4-5-7-13(12)27-19(16)22-14/h11H,3-10H2,1-2H3,(H,20,24)(H,21,22,25)/t11-/m1/s1. The van der Waals surface area contributed by atoms with E-state index >= 15 is 0 Å². The third kappa shape index (κ3) is 4.55. The van der Waals surface area contributed by atoms with Gasteiger partial charge in [0.2, 0.25) is 0 Å². The first-order valence-corrected chi connectivity index (χ1v) is 10.3. The summed E-state index contributed by atoms with van der Waals surface area (Å²) in [5.74, 6) is -0.309. The molecule has 0 spiro atoms. The number of thiophene rings is 1. The molecule has 0 fully saturated rings. The van der Waals surface area contributed by atoms with E-state index in [0.717, 1.165) is 42.5 Å². The highest BCUT2D eigenvalue weighted by atomic mass is 32.1. The van der Waals surface area contributed by atoms with E-state index in [1.165, 1.54) is 4.88 Å². The molecule has 2 heterocycles. The first kappa shape index (κ1) is 19.5. The van der Waals surface area contributed by atoms with Crippen LogP contribution in [0.15, 0.2) is 4.79 Å². The molecule has 2 N–H and O–H groups in total. The number of esters is 1. The lowest BCUT2D eigenvalue weighted by atomic mass is 9.97. The average Bonchev–Trinajstić information content (AvgIpc) is 3.03. The van der Waals surface area contributed by atoms with Crippen molar-refractivity contribution < 1.29 is 14.3 Å². The van der Waals surface area contributed by atoms with Crippen LogP contribution in [0.2, 0.25) is 0 Å². The molecule has 3 rings (SSSR count). The van der Waals surface area contributed by atoms with Gasteiger partial charge in [-0.1, -0.05) is 6.92 Å². The number of aromatic amines is 1. The summed E-state index contributed by atoms with van der Waals surface area (Å²) in [6.07, 6.45) is 4.53. The summed E-state index contributed by atoms with van der Waals surface area (Å²) in [7, 11) is 0. The van der Waals surface area contributed by atoms with Crippen LogP contribution in [-0.4, -0.2) is 34.5 Å². The highest BCUT2D eigenvalue weighted by Gasteiger charge is 2.21. The van der Waals surface area contributed by atoms with E-state index in [9.17, 15) is 14.4 Å². The second-order valence-corrected chi connectivity index (χ2v) is 7.91. The van der Waals surface area contributed by atoms with Crippen LogP contribution in [0.1, 0.15) is 55.8 Å². The largest absolute Gasteiger partial charge is 0.453 e. The van der Waals surface area contributed by atoms with Crippen molar-refractivity contribution in [3.8, 4) is 0 Å². The topological polar surface area (TPSA) is 101 Å². The molecule has 2 aromatic heterocycles. The first-order chi connectivity index (χ1) is 13.0. The monoisotopic (exact) mass is 391 g/mol. The number of aryl methyl sites for hydroxylation is 3. The van der Waals surface area contributed by atoms with Crippen LogP contribution in [0.3, 0.4) is 0 Å². The van der Waals surface area contributed by atoms with Gasteiger partial charge in [-0.25, -0.2) is 4.98 Å². The van der Waals surface area contributed by atoms with E-state index in [4.69, 9.17) is 4.74 Å². The Bertz CT molecular complexity index is 902. The van der Waals surface area contributed by atoms with Gasteiger partial charge >= 0.3 is 5.97 Å². The summed E-state index contributed by atoms with van der Waals surface area (Å²) in [5.41, 5.74) is 1.02. The molecule has 1 aliphatic carbocycles. The van der Waals surface area contributed by atoms with Gasteiger partial charge in [0.25, 0.3) is 11.5 Å². The second kappa shape index (κ2) is 8.65. The van der Waals surface area contributed by atoms with Gasteiger partial charge in [0.05, 0.1) is 11.8 Å². The Kier molecular flexibility index (Phi) is 6.26. The molecule has 7 nitrogen and oxygen atoms in total. The molecule has 146 valence electrons. The lowest BCUT2D eigenvalue weighted by Gasteiger charge is -2.13. The third-order valence-corrected chi connectivity index (χ3v) is 5.85. The maximum absolute atomic E-state index is 12.5. The third-order valence-electron chi connectivity index (χ3n) is 4.67. The summed E-state index contributed by atoms with van der Waals surface area (Å²) >= 11 is 1.58. The lowest BCUT2D eigenvalue weighted by Crippen LogP contribution is -2.36. The molecule has 27 heavy (non-hydrogen) atoms. The van der Waals surface area contributed by atoms with Crippen molar-refractivity contribution in [3.63, 3.8) is 0 Å². The Morgan fingerprint density at radius 3 is 2.89 bits per heavy atom. The average molecular weight is 391 g/mol. The van der Waals surface area contributed by atoms with Crippen LogP contribution in [0.4, 0.5) is 0 Å². The van der Waals surface area contributed by atoms with Crippen molar-refractivity contribution in [2.75, 3.05) is 6.54 Å². The zero-order chi connectivity index (χ0) is 19.4. The van der Waals surface area contributed by atoms with Crippen molar-refractivity contribution in [2.24, 2.45) is 0 Å². The molecule has 0 bridgehead atoms. The summed E-state index contributed by atoms with van der Waals surface area (Å²) in [5, 5.41) is 3.40. The van der Waals surface area contributed by atoms with Crippen molar-refractivity contribution in [3.05, 3.63) is 26.6 Å². The lowest BCUT2D eigenvalue weighted by molar-refractivity contribution is -0.154. The fourth-order valence-electron chi connectivity index (χ4n) is 3.25. The number of hydrogen-bond acceptors (Lipinski definition) is 6. The number of nitrogens with one attached hydrogen (secondary N) is 2. The van der Waals surface area contributed by atoms with Gasteiger partial charge < -0.3 is 15.0 Å². The van der Waals surface area contributed by atoms with Crippen LogP contribution in [-0.2, 0) is 33.6 Å². The van der Waals surface area contributed by atoms with Crippen LogP contribution in [0, 0.1) is 0 Å².